The summed E-state index contributed by atoms with van der Waals surface area (Å²) in [6.45, 7) is 11.9. The lowest BCUT2D eigenvalue weighted by atomic mass is 9.83. The second-order valence-electron chi connectivity index (χ2n) is 5.98. The van der Waals surface area contributed by atoms with Crippen molar-refractivity contribution < 1.29 is 0 Å². The molecule has 0 aromatic rings. The zero-order chi connectivity index (χ0) is 11.6. The maximum atomic E-state index is 2.67. The Balaban J connectivity index is 4.27. The molecule has 0 aromatic carbocycles. The second-order valence-corrected chi connectivity index (χ2v) is 16.1. The van der Waals surface area contributed by atoms with Gasteiger partial charge in [-0.1, -0.05) is 41.0 Å². The molecule has 0 N–H and O–H groups in total. The van der Waals surface area contributed by atoms with Crippen LogP contribution in [-0.4, -0.2) is 17.3 Å². The van der Waals surface area contributed by atoms with E-state index in [-0.39, 0.29) is 0 Å². The van der Waals surface area contributed by atoms with E-state index in [1.54, 1.807) is 0 Å². The summed E-state index contributed by atoms with van der Waals surface area (Å²) in [5.41, 5.74) is 0.526. The molecule has 0 nitrogen and oxygen atoms in total. The zero-order valence-electron chi connectivity index (χ0n) is 10.9. The van der Waals surface area contributed by atoms with Gasteiger partial charge >= 0.3 is 0 Å². The maximum absolute atomic E-state index is 2.67. The van der Waals surface area contributed by atoms with E-state index in [2.05, 4.69) is 68.3 Å². The van der Waals surface area contributed by atoms with E-state index in [0.29, 0.717) is 10.2 Å². The summed E-state index contributed by atoms with van der Waals surface area (Å²) in [4.78, 5) is 0. The molecule has 0 aromatic heterocycles. The van der Waals surface area contributed by atoms with Gasteiger partial charge in [0.15, 0.2) is 0 Å². The average Bonchev–Trinajstić information content (AvgIpc) is 1.99. The van der Waals surface area contributed by atoms with Crippen LogP contribution in [0.3, 0.4) is 0 Å². The van der Waals surface area contributed by atoms with Crippen LogP contribution in [0.5, 0.6) is 0 Å². The molecular weight excluding hydrogens is 303 g/mol. The van der Waals surface area contributed by atoms with Gasteiger partial charge in [-0.15, -0.1) is 0 Å². The minimum Gasteiger partial charge on any atom is -0.188 e. The summed E-state index contributed by atoms with van der Waals surface area (Å²) in [5, 5.41) is 0. The molecule has 2 heteroatoms. The Morgan fingerprint density at radius 2 is 1.43 bits per heavy atom. The Labute approximate surface area is 105 Å². The largest absolute Gasteiger partial charge is 0.188 e. The highest BCUT2D eigenvalue weighted by Crippen LogP contribution is 2.62. The molecule has 14 heavy (non-hydrogen) atoms. The monoisotopic (exact) mass is 330 g/mol. The smallest absolute Gasteiger partial charge is 0.00226 e. The fourth-order valence-corrected chi connectivity index (χ4v) is 2.31. The fraction of sp³-hybridized carbons (Fsp3) is 1.00. The summed E-state index contributed by atoms with van der Waals surface area (Å²) in [6.07, 6.45) is 8.86. The molecule has 0 aliphatic carbocycles. The molecule has 0 rings (SSSR count). The number of halogens is 1. The van der Waals surface area contributed by atoms with Gasteiger partial charge in [0.1, 0.15) is 0 Å². The Morgan fingerprint density at radius 1 is 1.00 bits per heavy atom. The summed E-state index contributed by atoms with van der Waals surface area (Å²) >= 11 is 2.67. The van der Waals surface area contributed by atoms with Crippen LogP contribution in [0.15, 0.2) is 0 Å². The van der Waals surface area contributed by atoms with Crippen LogP contribution in [-0.2, 0) is 0 Å². The van der Waals surface area contributed by atoms with Gasteiger partial charge in [-0.3, -0.25) is 0 Å². The van der Waals surface area contributed by atoms with Crippen molar-refractivity contribution in [2.24, 2.45) is 5.41 Å². The van der Waals surface area contributed by atoms with Gasteiger partial charge in [0.2, 0.25) is 0 Å². The SMILES string of the molecule is CCC(C)(C)CCC(C)(C)S(C)(C)I. The van der Waals surface area contributed by atoms with Crippen LogP contribution in [0.4, 0.5) is 0 Å². The molecular formula is C12H27IS. The van der Waals surface area contributed by atoms with E-state index < -0.39 is 7.20 Å². The molecule has 0 unspecified atom stereocenters. The summed E-state index contributed by atoms with van der Waals surface area (Å²) in [5.74, 6) is 0. The second kappa shape index (κ2) is 4.94. The van der Waals surface area contributed by atoms with E-state index >= 15 is 0 Å². The average molecular weight is 330 g/mol. The Bertz CT molecular complexity index is 177. The molecule has 0 fully saturated rings. The van der Waals surface area contributed by atoms with Crippen LogP contribution < -0.4 is 0 Å². The molecule has 0 amide bonds. The van der Waals surface area contributed by atoms with Gasteiger partial charge in [-0.2, -0.15) is 7.20 Å². The van der Waals surface area contributed by atoms with Crippen molar-refractivity contribution in [3.8, 4) is 0 Å². The number of hydrogen-bond donors (Lipinski definition) is 0. The van der Waals surface area contributed by atoms with Crippen LogP contribution in [0.2, 0.25) is 0 Å². The quantitative estimate of drug-likeness (QED) is 0.593. The van der Waals surface area contributed by atoms with Crippen molar-refractivity contribution >= 4 is 28.4 Å². The van der Waals surface area contributed by atoms with Gasteiger partial charge in [-0.05, 0) is 52.0 Å². The molecule has 0 saturated heterocycles. The van der Waals surface area contributed by atoms with E-state index in [1.807, 2.05) is 0 Å². The summed E-state index contributed by atoms with van der Waals surface area (Å²) in [7, 11) is -0.463. The van der Waals surface area contributed by atoms with Crippen LogP contribution in [0.25, 0.3) is 0 Å². The summed E-state index contributed by atoms with van der Waals surface area (Å²) < 4.78 is 0.514. The highest BCUT2D eigenvalue weighted by Gasteiger charge is 2.31. The standard InChI is InChI=1S/C12H27IS/c1-8-11(2,3)9-10-12(4,5)14(6,7)13/h8-10H2,1-7H3. The lowest BCUT2D eigenvalue weighted by molar-refractivity contribution is 0.300. The first-order chi connectivity index (χ1) is 6.02. The van der Waals surface area contributed by atoms with E-state index in [4.69, 9.17) is 0 Å². The first-order valence-electron chi connectivity index (χ1n) is 5.44. The van der Waals surface area contributed by atoms with Crippen molar-refractivity contribution in [2.45, 2.75) is 58.6 Å². The first-order valence-corrected chi connectivity index (χ1v) is 10.4. The summed E-state index contributed by atoms with van der Waals surface area (Å²) in [6, 6.07) is 0. The highest BCUT2D eigenvalue weighted by atomic mass is 127. The number of hydrogen-bond acceptors (Lipinski definition) is 0. The fourth-order valence-electron chi connectivity index (χ4n) is 1.06. The Morgan fingerprint density at radius 3 is 1.71 bits per heavy atom. The minimum absolute atomic E-state index is 0.463. The van der Waals surface area contributed by atoms with E-state index in [9.17, 15) is 0 Å². The highest BCUT2D eigenvalue weighted by molar-refractivity contribution is 14.2. The third-order valence-electron chi connectivity index (χ3n) is 3.67. The maximum Gasteiger partial charge on any atom is 0.00226 e. The molecule has 88 valence electrons. The zero-order valence-corrected chi connectivity index (χ0v) is 13.9. The predicted octanol–water partition coefficient (Wildman–Crippen LogP) is 5.40. The Kier molecular flexibility index (Phi) is 5.32. The molecule has 0 aliphatic heterocycles. The van der Waals surface area contributed by atoms with E-state index in [0.717, 1.165) is 0 Å². The molecule has 0 radical (unpaired) electrons. The topological polar surface area (TPSA) is 0 Å². The minimum atomic E-state index is -0.463. The van der Waals surface area contributed by atoms with Crippen LogP contribution in [0, 0.1) is 5.41 Å². The first kappa shape index (κ1) is 15.1. The molecule has 0 saturated carbocycles. The van der Waals surface area contributed by atoms with Crippen molar-refractivity contribution in [3.63, 3.8) is 0 Å². The molecule has 0 heterocycles. The van der Waals surface area contributed by atoms with Crippen molar-refractivity contribution in [3.05, 3.63) is 0 Å². The van der Waals surface area contributed by atoms with Crippen LogP contribution >= 0.6 is 28.4 Å². The van der Waals surface area contributed by atoms with Gasteiger partial charge in [0.05, 0.1) is 0 Å². The van der Waals surface area contributed by atoms with Crippen molar-refractivity contribution in [1.29, 1.82) is 0 Å². The van der Waals surface area contributed by atoms with E-state index in [1.165, 1.54) is 19.3 Å². The number of rotatable bonds is 5. The third kappa shape index (κ3) is 4.73. The third-order valence-corrected chi connectivity index (χ3v) is 10.1. The van der Waals surface area contributed by atoms with Gasteiger partial charge in [0, 0.05) is 4.75 Å². The normalized spacial score (nSPS) is 15.7. The van der Waals surface area contributed by atoms with Crippen molar-refractivity contribution in [1.82, 2.24) is 0 Å². The van der Waals surface area contributed by atoms with Crippen molar-refractivity contribution in [2.75, 3.05) is 12.5 Å². The van der Waals surface area contributed by atoms with Gasteiger partial charge in [0.25, 0.3) is 0 Å². The molecule has 0 aliphatic rings. The molecule has 0 bridgehead atoms. The molecule has 0 spiro atoms. The Hall–Kier alpha value is 1.08. The van der Waals surface area contributed by atoms with Crippen LogP contribution in [0.1, 0.15) is 53.9 Å². The predicted molar refractivity (Wildman–Crippen MR) is 80.8 cm³/mol. The van der Waals surface area contributed by atoms with Gasteiger partial charge < -0.3 is 0 Å². The van der Waals surface area contributed by atoms with Gasteiger partial charge in [-0.25, -0.2) is 0 Å². The molecule has 0 atom stereocenters. The lowest BCUT2D eigenvalue weighted by Crippen LogP contribution is -2.26. The lowest BCUT2D eigenvalue weighted by Gasteiger charge is -2.43.